The van der Waals surface area contributed by atoms with Crippen LogP contribution in [0.2, 0.25) is 0 Å². The fourth-order valence-corrected chi connectivity index (χ4v) is 2.66. The Morgan fingerprint density at radius 1 is 1.22 bits per heavy atom. The first-order chi connectivity index (χ1) is 10.9. The normalized spacial score (nSPS) is 11.5. The molecule has 2 heterocycles. The van der Waals surface area contributed by atoms with Gasteiger partial charge in [-0.2, -0.15) is 0 Å². The van der Waals surface area contributed by atoms with E-state index in [9.17, 15) is 13.2 Å². The number of nitrogens with one attached hydrogen (secondary N) is 1. The molecule has 0 aliphatic rings. The molecule has 0 radical (unpaired) electrons. The Morgan fingerprint density at radius 3 is 2.65 bits per heavy atom. The second-order valence-electron chi connectivity index (χ2n) is 5.01. The number of sulfonamides is 1. The lowest BCUT2D eigenvalue weighted by molar-refractivity contribution is 0.0951. The highest BCUT2D eigenvalue weighted by molar-refractivity contribution is 7.89. The van der Waals surface area contributed by atoms with Gasteiger partial charge in [-0.3, -0.25) is 4.79 Å². The van der Waals surface area contributed by atoms with Crippen LogP contribution in [0.5, 0.6) is 0 Å². The largest absolute Gasteiger partial charge is 0.348 e. The number of fused-ring (bicyclic) bond motifs is 1. The van der Waals surface area contributed by atoms with E-state index in [1.165, 1.54) is 12.1 Å². The van der Waals surface area contributed by atoms with Crippen molar-refractivity contribution < 1.29 is 13.2 Å². The molecule has 1 aromatic carbocycles. The predicted molar refractivity (Wildman–Crippen MR) is 84.2 cm³/mol. The lowest BCUT2D eigenvalue weighted by atomic mass is 10.2. The Morgan fingerprint density at radius 2 is 1.96 bits per heavy atom. The zero-order valence-electron chi connectivity index (χ0n) is 12.0. The van der Waals surface area contributed by atoms with Crippen molar-refractivity contribution in [3.05, 3.63) is 66.2 Å². The Hall–Kier alpha value is -2.71. The number of nitrogens with zero attached hydrogens (tertiary/aromatic N) is 2. The minimum Gasteiger partial charge on any atom is -0.348 e. The molecule has 3 rings (SSSR count). The van der Waals surface area contributed by atoms with E-state index in [0.717, 1.165) is 11.1 Å². The summed E-state index contributed by atoms with van der Waals surface area (Å²) in [5.41, 5.74) is 2.13. The fraction of sp³-hybridized carbons (Fsp3) is 0.0667. The molecule has 0 bridgehead atoms. The zero-order valence-corrected chi connectivity index (χ0v) is 12.8. The van der Waals surface area contributed by atoms with E-state index < -0.39 is 10.0 Å². The third kappa shape index (κ3) is 3.38. The highest BCUT2D eigenvalue weighted by Gasteiger charge is 2.09. The number of nitrogens with two attached hydrogens (primary N) is 1. The maximum absolute atomic E-state index is 12.2. The number of carbonyl (C=O) groups is 1. The Bertz CT molecular complexity index is 962. The van der Waals surface area contributed by atoms with Gasteiger partial charge in [-0.1, -0.05) is 12.1 Å². The maximum atomic E-state index is 12.2. The van der Waals surface area contributed by atoms with Crippen molar-refractivity contribution in [1.82, 2.24) is 14.7 Å². The van der Waals surface area contributed by atoms with Crippen LogP contribution >= 0.6 is 0 Å². The molecular weight excluding hydrogens is 316 g/mol. The number of benzene rings is 1. The number of pyridine rings is 1. The molecule has 8 heteroatoms. The van der Waals surface area contributed by atoms with E-state index in [1.807, 2.05) is 4.40 Å². The van der Waals surface area contributed by atoms with Crippen molar-refractivity contribution >= 4 is 21.4 Å². The molecule has 0 atom stereocenters. The van der Waals surface area contributed by atoms with Gasteiger partial charge in [0.25, 0.3) is 5.91 Å². The SMILES string of the molecule is NS(=O)(=O)c1ccc(CNC(=O)c2ccn3cncc3c2)cc1. The topological polar surface area (TPSA) is 107 Å². The van der Waals surface area contributed by atoms with Crippen molar-refractivity contribution in [3.63, 3.8) is 0 Å². The highest BCUT2D eigenvalue weighted by Crippen LogP contribution is 2.10. The van der Waals surface area contributed by atoms with Crippen molar-refractivity contribution in [1.29, 1.82) is 0 Å². The van der Waals surface area contributed by atoms with E-state index >= 15 is 0 Å². The van der Waals surface area contributed by atoms with Gasteiger partial charge in [0.1, 0.15) is 0 Å². The van der Waals surface area contributed by atoms with Crippen LogP contribution in [0.3, 0.4) is 0 Å². The Labute approximate surface area is 132 Å². The molecule has 0 spiro atoms. The van der Waals surface area contributed by atoms with Crippen molar-refractivity contribution in [2.24, 2.45) is 5.14 Å². The molecule has 0 saturated heterocycles. The number of rotatable bonds is 4. The molecule has 0 aliphatic carbocycles. The number of carbonyl (C=O) groups excluding carboxylic acids is 1. The van der Waals surface area contributed by atoms with Crippen LogP contribution in [0.1, 0.15) is 15.9 Å². The van der Waals surface area contributed by atoms with Crippen LogP contribution < -0.4 is 10.5 Å². The molecule has 23 heavy (non-hydrogen) atoms. The molecule has 0 unspecified atom stereocenters. The average molecular weight is 330 g/mol. The summed E-state index contributed by atoms with van der Waals surface area (Å²) in [7, 11) is -3.70. The van der Waals surface area contributed by atoms with Gasteiger partial charge in [0.05, 0.1) is 22.9 Å². The van der Waals surface area contributed by atoms with Gasteiger partial charge < -0.3 is 9.72 Å². The first-order valence-corrected chi connectivity index (χ1v) is 8.30. The lowest BCUT2D eigenvalue weighted by Gasteiger charge is -2.06. The van der Waals surface area contributed by atoms with Crippen LogP contribution in [0.15, 0.2) is 60.0 Å². The number of hydrogen-bond acceptors (Lipinski definition) is 4. The molecule has 1 amide bonds. The zero-order chi connectivity index (χ0) is 16.4. The second-order valence-corrected chi connectivity index (χ2v) is 6.57. The number of amides is 1. The van der Waals surface area contributed by atoms with Gasteiger partial charge in [-0.05, 0) is 29.8 Å². The maximum Gasteiger partial charge on any atom is 0.251 e. The summed E-state index contributed by atoms with van der Waals surface area (Å²) in [5, 5.41) is 7.82. The molecular formula is C15H14N4O3S. The molecule has 0 saturated carbocycles. The lowest BCUT2D eigenvalue weighted by Crippen LogP contribution is -2.23. The Balaban J connectivity index is 1.68. The summed E-state index contributed by atoms with van der Waals surface area (Å²) >= 11 is 0. The average Bonchev–Trinajstić information content (AvgIpc) is 2.99. The second kappa shape index (κ2) is 5.82. The van der Waals surface area contributed by atoms with Crippen molar-refractivity contribution in [2.75, 3.05) is 0 Å². The van der Waals surface area contributed by atoms with Crippen LogP contribution in [0.4, 0.5) is 0 Å². The number of hydrogen-bond donors (Lipinski definition) is 2. The monoisotopic (exact) mass is 330 g/mol. The van der Waals surface area contributed by atoms with Crippen LogP contribution in [-0.4, -0.2) is 23.7 Å². The summed E-state index contributed by atoms with van der Waals surface area (Å²) in [4.78, 5) is 16.2. The third-order valence-electron chi connectivity index (χ3n) is 3.38. The molecule has 0 fully saturated rings. The molecule has 0 aliphatic heterocycles. The van der Waals surface area contributed by atoms with Gasteiger partial charge in [0.15, 0.2) is 0 Å². The highest BCUT2D eigenvalue weighted by atomic mass is 32.2. The third-order valence-corrected chi connectivity index (χ3v) is 4.31. The summed E-state index contributed by atoms with van der Waals surface area (Å²) in [6.45, 7) is 0.286. The molecule has 118 valence electrons. The smallest absolute Gasteiger partial charge is 0.251 e. The molecule has 7 nitrogen and oxygen atoms in total. The number of imidazole rings is 1. The summed E-state index contributed by atoms with van der Waals surface area (Å²) in [6.07, 6.45) is 5.09. The van der Waals surface area contributed by atoms with E-state index in [4.69, 9.17) is 5.14 Å². The standard InChI is InChI=1S/C15H14N4O3S/c16-23(21,22)14-3-1-11(2-4-14)8-18-15(20)12-5-6-19-10-17-9-13(19)7-12/h1-7,9-10H,8H2,(H,18,20)(H2,16,21,22). The van der Waals surface area contributed by atoms with E-state index in [2.05, 4.69) is 10.3 Å². The summed E-state index contributed by atoms with van der Waals surface area (Å²) in [6, 6.07) is 9.49. The van der Waals surface area contributed by atoms with Crippen molar-refractivity contribution in [2.45, 2.75) is 11.4 Å². The van der Waals surface area contributed by atoms with Crippen molar-refractivity contribution in [3.8, 4) is 0 Å². The minimum atomic E-state index is -3.70. The van der Waals surface area contributed by atoms with Crippen LogP contribution in [-0.2, 0) is 16.6 Å². The van der Waals surface area contributed by atoms with E-state index in [1.54, 1.807) is 43.0 Å². The van der Waals surface area contributed by atoms with Crippen LogP contribution in [0.25, 0.3) is 5.52 Å². The first kappa shape index (κ1) is 15.2. The molecule has 2 aromatic heterocycles. The molecule has 3 aromatic rings. The summed E-state index contributed by atoms with van der Waals surface area (Å²) < 4.78 is 24.2. The van der Waals surface area contributed by atoms with Crippen LogP contribution in [0, 0.1) is 0 Å². The van der Waals surface area contributed by atoms with Gasteiger partial charge in [0.2, 0.25) is 10.0 Å². The van der Waals surface area contributed by atoms with Gasteiger partial charge >= 0.3 is 0 Å². The quantitative estimate of drug-likeness (QED) is 0.741. The minimum absolute atomic E-state index is 0.0405. The Kier molecular flexibility index (Phi) is 3.85. The predicted octanol–water partition coefficient (Wildman–Crippen LogP) is 0.912. The molecule has 3 N–H and O–H groups in total. The summed E-state index contributed by atoms with van der Waals surface area (Å²) in [5.74, 6) is -0.218. The first-order valence-electron chi connectivity index (χ1n) is 6.75. The van der Waals surface area contributed by atoms with Gasteiger partial charge in [0, 0.05) is 18.3 Å². The van der Waals surface area contributed by atoms with E-state index in [0.29, 0.717) is 5.56 Å². The van der Waals surface area contributed by atoms with Gasteiger partial charge in [-0.15, -0.1) is 0 Å². The fourth-order valence-electron chi connectivity index (χ4n) is 2.14. The van der Waals surface area contributed by atoms with Gasteiger partial charge in [-0.25, -0.2) is 18.5 Å². The number of primary sulfonamides is 1. The number of aromatic nitrogens is 2. The van der Waals surface area contributed by atoms with E-state index in [-0.39, 0.29) is 17.3 Å².